The molecule has 0 aliphatic rings. The van der Waals surface area contributed by atoms with E-state index in [1.54, 1.807) is 12.1 Å². The summed E-state index contributed by atoms with van der Waals surface area (Å²) in [6.45, 7) is 1.95. The lowest BCUT2D eigenvalue weighted by molar-refractivity contribution is 0.360. The topological polar surface area (TPSA) is 52.0 Å². The number of carbonyl (C=O) groups excluding carboxylic acids is 2. The molecule has 0 atom stereocenters. The second-order valence-electron chi connectivity index (χ2n) is 2.72. The molecule has 0 unspecified atom stereocenters. The van der Waals surface area contributed by atoms with Gasteiger partial charge in [-0.05, 0) is 19.1 Å². The van der Waals surface area contributed by atoms with Gasteiger partial charge in [0, 0.05) is 0 Å². The van der Waals surface area contributed by atoms with Crippen LogP contribution in [0.15, 0.2) is 24.3 Å². The quantitative estimate of drug-likeness (QED) is 0.290. The number of hydrogen-bond donors (Lipinski definition) is 0. The molecule has 0 fully saturated rings. The van der Waals surface area contributed by atoms with Gasteiger partial charge in [0.15, 0.2) is 7.11 Å². The molecule has 1 aromatic rings. The second-order valence-corrected chi connectivity index (χ2v) is 2.72. The van der Waals surface area contributed by atoms with E-state index in [1.807, 2.05) is 19.1 Å². The van der Waals surface area contributed by atoms with Gasteiger partial charge in [-0.25, -0.2) is 0 Å². The van der Waals surface area contributed by atoms with E-state index in [4.69, 9.17) is 4.79 Å². The minimum Gasteiger partial charge on any atom is -0.328 e. The Morgan fingerprint density at radius 3 is 2.15 bits per heavy atom. The van der Waals surface area contributed by atoms with E-state index in [1.165, 1.54) is 7.11 Å². The lowest BCUT2D eigenvalue weighted by atomic mass is 10.1. The summed E-state index contributed by atoms with van der Waals surface area (Å²) in [7, 11) is 1.29. The van der Waals surface area contributed by atoms with E-state index in [2.05, 4.69) is 4.74 Å². The van der Waals surface area contributed by atoms with Crippen LogP contribution in [0.4, 0.5) is 0 Å². The van der Waals surface area contributed by atoms with Crippen molar-refractivity contribution in [2.45, 2.75) is 6.92 Å². The Labute approximate surface area is 76.3 Å². The maximum Gasteiger partial charge on any atom is 0.618 e. The number of hydrogen-bond acceptors (Lipinski definition) is 1. The molecule has 1 aromatic carbocycles. The highest BCUT2D eigenvalue weighted by Crippen LogP contribution is 2.03. The van der Waals surface area contributed by atoms with Crippen LogP contribution in [0.25, 0.3) is 0 Å². The van der Waals surface area contributed by atoms with E-state index >= 15 is 0 Å². The molecule has 0 amide bonds. The predicted octanol–water partition coefficient (Wildman–Crippen LogP) is 1.04. The highest BCUT2D eigenvalue weighted by Gasteiger charge is 2.31. The van der Waals surface area contributed by atoms with Gasteiger partial charge in [-0.3, -0.25) is 4.79 Å². The number of benzene rings is 1. The fourth-order valence-corrected chi connectivity index (χ4v) is 0.932. The van der Waals surface area contributed by atoms with Crippen molar-refractivity contribution in [2.24, 2.45) is 0 Å². The number of aryl methyl sites for hydroxylation is 1. The number of methoxy groups -OCH3 is 1. The normalized spacial score (nSPS) is 9.38. The second kappa shape index (κ2) is 3.85. The standard InChI is InChI=1S/C10H10O3/c1-7-3-5-8(6-4-7)9(11)10(12)13-2/h3-6H,1-2H3/p+2. The smallest absolute Gasteiger partial charge is 0.328 e. The molecule has 0 bridgehead atoms. The Morgan fingerprint density at radius 2 is 1.69 bits per heavy atom. The van der Waals surface area contributed by atoms with Crippen LogP contribution in [0.1, 0.15) is 11.1 Å². The summed E-state index contributed by atoms with van der Waals surface area (Å²) in [4.78, 5) is 18.4. The number of ketones is 1. The summed E-state index contributed by atoms with van der Waals surface area (Å²) in [5.74, 6) is -0.716. The maximum atomic E-state index is 9.38. The molecule has 2 N–H and O–H groups in total. The molecule has 0 aliphatic heterocycles. The van der Waals surface area contributed by atoms with Crippen molar-refractivity contribution >= 4 is 11.8 Å². The predicted molar refractivity (Wildman–Crippen MR) is 51.2 cm³/mol. The van der Waals surface area contributed by atoms with Crippen LogP contribution in [0.5, 0.6) is 0 Å². The molecule has 0 spiro atoms. The van der Waals surface area contributed by atoms with Crippen LogP contribution in [0, 0.1) is 6.92 Å². The zero-order chi connectivity index (χ0) is 9.84. The van der Waals surface area contributed by atoms with Gasteiger partial charge in [-0.1, -0.05) is 17.7 Å². The third-order valence-electron chi connectivity index (χ3n) is 1.72. The lowest BCUT2D eigenvalue weighted by Gasteiger charge is -1.91. The fraction of sp³-hybridized carbons (Fsp3) is 0.200. The number of esters is 1. The van der Waals surface area contributed by atoms with E-state index in [0.29, 0.717) is 5.56 Å². The highest BCUT2D eigenvalue weighted by atomic mass is 16.5. The molecule has 0 aromatic heterocycles. The Balaban J connectivity index is 2.90. The Bertz CT molecular complexity index is 325. The van der Waals surface area contributed by atoms with Crippen molar-refractivity contribution in [3.05, 3.63) is 35.4 Å². The molecule has 0 heterocycles. The monoisotopic (exact) mass is 180 g/mol. The molecule has 3 heteroatoms. The molecule has 0 saturated carbocycles. The van der Waals surface area contributed by atoms with E-state index in [0.717, 1.165) is 5.56 Å². The first-order valence-electron chi connectivity index (χ1n) is 3.88. The molecule has 0 radical (unpaired) electrons. The van der Waals surface area contributed by atoms with Crippen LogP contribution < -0.4 is 0 Å². The molecule has 0 aliphatic carbocycles. The van der Waals surface area contributed by atoms with Gasteiger partial charge in [-0.15, -0.1) is 0 Å². The van der Waals surface area contributed by atoms with Gasteiger partial charge in [0.1, 0.15) is 0 Å². The third kappa shape index (κ3) is 2.15. The average Bonchev–Trinajstić information content (AvgIpc) is 2.17. The highest BCUT2D eigenvalue weighted by molar-refractivity contribution is 6.41. The van der Waals surface area contributed by atoms with Gasteiger partial charge in [0.2, 0.25) is 0 Å². The third-order valence-corrected chi connectivity index (χ3v) is 1.72. The zero-order valence-corrected chi connectivity index (χ0v) is 7.61. The van der Waals surface area contributed by atoms with Gasteiger partial charge in [0.05, 0.1) is 5.56 Å². The van der Waals surface area contributed by atoms with Crippen molar-refractivity contribution in [3.8, 4) is 0 Å². The van der Waals surface area contributed by atoms with Crippen molar-refractivity contribution in [1.82, 2.24) is 0 Å². The lowest BCUT2D eigenvalue weighted by Crippen LogP contribution is -2.17. The first-order chi connectivity index (χ1) is 6.15. The first-order valence-corrected chi connectivity index (χ1v) is 3.88. The molecule has 13 heavy (non-hydrogen) atoms. The van der Waals surface area contributed by atoms with Crippen molar-refractivity contribution in [1.29, 1.82) is 0 Å². The Hall–Kier alpha value is -1.64. The Kier molecular flexibility index (Phi) is 2.80. The summed E-state index contributed by atoms with van der Waals surface area (Å²) in [5, 5.41) is 0. The molecule has 0 saturated heterocycles. The molecular formula is C10H12O3+2. The van der Waals surface area contributed by atoms with Gasteiger partial charge in [-0.2, -0.15) is 0 Å². The fourth-order valence-electron chi connectivity index (χ4n) is 0.932. The maximum absolute atomic E-state index is 9.38. The molecular weight excluding hydrogens is 168 g/mol. The summed E-state index contributed by atoms with van der Waals surface area (Å²) < 4.78 is 4.48. The van der Waals surface area contributed by atoms with Crippen LogP contribution in [-0.2, 0) is 4.74 Å². The minimum absolute atomic E-state index is 0.248. The molecule has 1 rings (SSSR count). The van der Waals surface area contributed by atoms with E-state index in [-0.39, 0.29) is 5.78 Å². The van der Waals surface area contributed by atoms with Gasteiger partial charge in [0.25, 0.3) is 0 Å². The van der Waals surface area contributed by atoms with Crippen molar-refractivity contribution < 1.29 is 14.3 Å². The van der Waals surface area contributed by atoms with Crippen LogP contribution >= 0.6 is 0 Å². The largest absolute Gasteiger partial charge is 0.618 e. The van der Waals surface area contributed by atoms with Crippen LogP contribution in [0.3, 0.4) is 0 Å². The van der Waals surface area contributed by atoms with E-state index < -0.39 is 5.97 Å². The molecule has 3 nitrogen and oxygen atoms in total. The summed E-state index contributed by atoms with van der Waals surface area (Å²) in [5.41, 5.74) is 1.62. The van der Waals surface area contributed by atoms with Crippen LogP contribution in [0.2, 0.25) is 0 Å². The SMILES string of the molecule is COC(=[OH+])C(=[OH+])c1ccc(C)cc1. The summed E-state index contributed by atoms with van der Waals surface area (Å²) >= 11 is 0. The number of ether oxygens (including phenoxy) is 1. The van der Waals surface area contributed by atoms with Crippen molar-refractivity contribution in [3.63, 3.8) is 0 Å². The Morgan fingerprint density at radius 1 is 1.15 bits per heavy atom. The zero-order valence-electron chi connectivity index (χ0n) is 7.61. The van der Waals surface area contributed by atoms with Crippen LogP contribution in [-0.4, -0.2) is 28.5 Å². The first kappa shape index (κ1) is 9.45. The van der Waals surface area contributed by atoms with Gasteiger partial charge >= 0.3 is 11.8 Å². The van der Waals surface area contributed by atoms with Gasteiger partial charge < -0.3 is 9.53 Å². The average molecular weight is 180 g/mol. The number of rotatable bonds is 2. The van der Waals surface area contributed by atoms with E-state index in [9.17, 15) is 4.79 Å². The minimum atomic E-state index is -0.469. The molecule has 68 valence electrons. The summed E-state index contributed by atoms with van der Waals surface area (Å²) in [6.07, 6.45) is 0. The van der Waals surface area contributed by atoms with Crippen molar-refractivity contribution in [2.75, 3.05) is 7.11 Å². The summed E-state index contributed by atoms with van der Waals surface area (Å²) in [6, 6.07) is 7.10.